The fourth-order valence-corrected chi connectivity index (χ4v) is 1.65. The summed E-state index contributed by atoms with van der Waals surface area (Å²) in [7, 11) is 0. The van der Waals surface area contributed by atoms with Crippen molar-refractivity contribution >= 4 is 23.1 Å². The molecule has 2 rings (SSSR count). The molecule has 0 spiro atoms. The zero-order chi connectivity index (χ0) is 11.0. The molecule has 0 aliphatic rings. The zero-order valence-corrected chi connectivity index (χ0v) is 8.27. The standard InChI is InChI=1S/C9H7ClN2O3/c10-9-5-2-1-3-7(13)12(5)6(11-9)4-8(14)15/h1-3,13H,4H2,(H,14,15). The Balaban J connectivity index is 2.70. The van der Waals surface area contributed by atoms with Crippen LogP contribution in [0, 0.1) is 0 Å². The first-order valence-electron chi connectivity index (χ1n) is 4.16. The first-order chi connectivity index (χ1) is 7.09. The number of aromatic nitrogens is 2. The first-order valence-corrected chi connectivity index (χ1v) is 4.54. The Morgan fingerprint density at radius 1 is 1.53 bits per heavy atom. The highest BCUT2D eigenvalue weighted by molar-refractivity contribution is 6.32. The Hall–Kier alpha value is -1.75. The molecule has 15 heavy (non-hydrogen) atoms. The Labute approximate surface area is 89.6 Å². The summed E-state index contributed by atoms with van der Waals surface area (Å²) in [6.07, 6.45) is -0.286. The highest BCUT2D eigenvalue weighted by atomic mass is 35.5. The van der Waals surface area contributed by atoms with Crippen molar-refractivity contribution in [2.45, 2.75) is 6.42 Å². The van der Waals surface area contributed by atoms with Crippen molar-refractivity contribution in [2.24, 2.45) is 0 Å². The molecule has 2 aromatic heterocycles. The molecule has 0 aliphatic carbocycles. The van der Waals surface area contributed by atoms with Gasteiger partial charge in [-0.05, 0) is 12.1 Å². The average Bonchev–Trinajstić information content (AvgIpc) is 2.44. The summed E-state index contributed by atoms with van der Waals surface area (Å²) in [6, 6.07) is 4.71. The summed E-state index contributed by atoms with van der Waals surface area (Å²) in [6.45, 7) is 0. The maximum atomic E-state index is 10.6. The molecule has 0 bridgehead atoms. The predicted octanol–water partition coefficient (Wildman–Crippen LogP) is 1.32. The van der Waals surface area contributed by atoms with Crippen molar-refractivity contribution in [3.05, 3.63) is 29.2 Å². The monoisotopic (exact) mass is 226 g/mol. The lowest BCUT2D eigenvalue weighted by molar-refractivity contribution is -0.136. The van der Waals surface area contributed by atoms with E-state index in [1.54, 1.807) is 12.1 Å². The SMILES string of the molecule is O=C(O)Cc1nc(Cl)c2cccc(O)n12. The van der Waals surface area contributed by atoms with E-state index in [0.717, 1.165) is 0 Å². The molecule has 2 N–H and O–H groups in total. The van der Waals surface area contributed by atoms with Crippen molar-refractivity contribution in [1.29, 1.82) is 0 Å². The molecule has 0 unspecified atom stereocenters. The van der Waals surface area contributed by atoms with E-state index < -0.39 is 5.97 Å². The molecule has 0 aliphatic heterocycles. The molecule has 0 saturated carbocycles. The lowest BCUT2D eigenvalue weighted by Crippen LogP contribution is -2.04. The van der Waals surface area contributed by atoms with Crippen LogP contribution in [0.15, 0.2) is 18.2 Å². The Morgan fingerprint density at radius 2 is 2.27 bits per heavy atom. The van der Waals surface area contributed by atoms with Crippen LogP contribution in [0.5, 0.6) is 5.88 Å². The largest absolute Gasteiger partial charge is 0.494 e. The third-order valence-corrected chi connectivity index (χ3v) is 2.25. The highest BCUT2D eigenvalue weighted by Gasteiger charge is 2.14. The number of pyridine rings is 1. The van der Waals surface area contributed by atoms with Gasteiger partial charge in [0.15, 0.2) is 11.0 Å². The molecule has 6 heteroatoms. The van der Waals surface area contributed by atoms with Crippen LogP contribution < -0.4 is 0 Å². The molecule has 5 nitrogen and oxygen atoms in total. The van der Waals surface area contributed by atoms with E-state index in [1.165, 1.54) is 10.5 Å². The molecule has 0 saturated heterocycles. The van der Waals surface area contributed by atoms with Crippen molar-refractivity contribution in [2.75, 3.05) is 0 Å². The average molecular weight is 227 g/mol. The fourth-order valence-electron chi connectivity index (χ4n) is 1.40. The van der Waals surface area contributed by atoms with Crippen LogP contribution in [0.25, 0.3) is 5.52 Å². The lowest BCUT2D eigenvalue weighted by atomic mass is 10.4. The molecule has 0 fully saturated rings. The second-order valence-electron chi connectivity index (χ2n) is 2.99. The molecule has 0 atom stereocenters. The van der Waals surface area contributed by atoms with E-state index in [-0.39, 0.29) is 23.3 Å². The summed E-state index contributed by atoms with van der Waals surface area (Å²) in [5.74, 6) is -0.898. The summed E-state index contributed by atoms with van der Waals surface area (Å²) in [5.41, 5.74) is 0.493. The summed E-state index contributed by atoms with van der Waals surface area (Å²) in [5, 5.41) is 18.4. The van der Waals surface area contributed by atoms with Crippen LogP contribution in [0.4, 0.5) is 0 Å². The molecular weight excluding hydrogens is 220 g/mol. The number of carbonyl (C=O) groups is 1. The number of fused-ring (bicyclic) bond motifs is 1. The van der Waals surface area contributed by atoms with Gasteiger partial charge in [0.1, 0.15) is 12.2 Å². The van der Waals surface area contributed by atoms with Gasteiger partial charge in [-0.15, -0.1) is 0 Å². The van der Waals surface area contributed by atoms with Crippen molar-refractivity contribution in [1.82, 2.24) is 9.38 Å². The normalized spacial score (nSPS) is 10.7. The first kappa shape index (κ1) is 9.79. The van der Waals surface area contributed by atoms with Gasteiger partial charge in [-0.1, -0.05) is 17.7 Å². The summed E-state index contributed by atoms with van der Waals surface area (Å²) >= 11 is 5.80. The van der Waals surface area contributed by atoms with Gasteiger partial charge in [-0.3, -0.25) is 9.20 Å². The molecule has 0 radical (unpaired) electrons. The smallest absolute Gasteiger partial charge is 0.311 e. The number of halogens is 1. The van der Waals surface area contributed by atoms with Crippen LogP contribution in [0.2, 0.25) is 5.15 Å². The van der Waals surface area contributed by atoms with E-state index in [9.17, 15) is 9.90 Å². The predicted molar refractivity (Wildman–Crippen MR) is 53.2 cm³/mol. The number of aromatic hydroxyl groups is 1. The van der Waals surface area contributed by atoms with Gasteiger partial charge in [0.25, 0.3) is 0 Å². The molecule has 2 heterocycles. The van der Waals surface area contributed by atoms with Gasteiger partial charge < -0.3 is 10.2 Å². The van der Waals surface area contributed by atoms with Gasteiger partial charge in [0.05, 0.1) is 5.52 Å². The fraction of sp³-hybridized carbons (Fsp3) is 0.111. The summed E-state index contributed by atoms with van der Waals surface area (Å²) < 4.78 is 1.32. The number of aliphatic carboxylic acids is 1. The topological polar surface area (TPSA) is 74.8 Å². The van der Waals surface area contributed by atoms with Gasteiger partial charge in [0, 0.05) is 0 Å². The van der Waals surface area contributed by atoms with Crippen LogP contribution >= 0.6 is 11.6 Å². The molecular formula is C9H7ClN2O3. The van der Waals surface area contributed by atoms with E-state index in [0.29, 0.717) is 5.52 Å². The van der Waals surface area contributed by atoms with Gasteiger partial charge in [0.2, 0.25) is 0 Å². The molecule has 2 aromatic rings. The van der Waals surface area contributed by atoms with Crippen LogP contribution in [0.1, 0.15) is 5.82 Å². The number of rotatable bonds is 2. The lowest BCUT2D eigenvalue weighted by Gasteiger charge is -2.00. The van der Waals surface area contributed by atoms with E-state index >= 15 is 0 Å². The number of hydrogen-bond donors (Lipinski definition) is 2. The Bertz CT molecular complexity index is 535. The number of hydrogen-bond acceptors (Lipinski definition) is 3. The number of nitrogens with zero attached hydrogens (tertiary/aromatic N) is 2. The third kappa shape index (κ3) is 1.61. The maximum Gasteiger partial charge on any atom is 0.311 e. The van der Waals surface area contributed by atoms with Crippen molar-refractivity contribution in [3.63, 3.8) is 0 Å². The van der Waals surface area contributed by atoms with Crippen LogP contribution in [0.3, 0.4) is 0 Å². The highest BCUT2D eigenvalue weighted by Crippen LogP contribution is 2.23. The summed E-state index contributed by atoms with van der Waals surface area (Å²) in [4.78, 5) is 14.4. The van der Waals surface area contributed by atoms with Crippen molar-refractivity contribution < 1.29 is 15.0 Å². The van der Waals surface area contributed by atoms with Crippen LogP contribution in [-0.2, 0) is 11.2 Å². The quantitative estimate of drug-likeness (QED) is 0.810. The van der Waals surface area contributed by atoms with Crippen molar-refractivity contribution in [3.8, 4) is 5.88 Å². The third-order valence-electron chi connectivity index (χ3n) is 1.98. The molecule has 0 aromatic carbocycles. The zero-order valence-electron chi connectivity index (χ0n) is 7.51. The number of carboxylic acids is 1. The maximum absolute atomic E-state index is 10.6. The molecule has 78 valence electrons. The van der Waals surface area contributed by atoms with E-state index in [1.807, 2.05) is 0 Å². The second-order valence-corrected chi connectivity index (χ2v) is 3.35. The number of carboxylic acid groups (broad SMARTS) is 1. The minimum absolute atomic E-state index is 0.0804. The second kappa shape index (κ2) is 3.43. The van der Waals surface area contributed by atoms with Gasteiger partial charge in [-0.2, -0.15) is 0 Å². The van der Waals surface area contributed by atoms with Gasteiger partial charge in [-0.25, -0.2) is 4.98 Å². The Kier molecular flexibility index (Phi) is 2.24. The van der Waals surface area contributed by atoms with Crippen LogP contribution in [-0.4, -0.2) is 25.6 Å². The molecule has 0 amide bonds. The minimum Gasteiger partial charge on any atom is -0.494 e. The van der Waals surface area contributed by atoms with E-state index in [2.05, 4.69) is 4.98 Å². The minimum atomic E-state index is -1.03. The number of imidazole rings is 1. The van der Waals surface area contributed by atoms with E-state index in [4.69, 9.17) is 16.7 Å². The van der Waals surface area contributed by atoms with Gasteiger partial charge >= 0.3 is 5.97 Å². The Morgan fingerprint density at radius 3 is 2.93 bits per heavy atom.